The second-order valence-electron chi connectivity index (χ2n) is 4.96. The van der Waals surface area contributed by atoms with Crippen LogP contribution in [0, 0.1) is 0 Å². The van der Waals surface area contributed by atoms with Gasteiger partial charge in [0, 0.05) is 19.3 Å². The topological polar surface area (TPSA) is 101 Å². The van der Waals surface area contributed by atoms with Crippen molar-refractivity contribution in [2.45, 2.75) is 19.1 Å². The van der Waals surface area contributed by atoms with Gasteiger partial charge in [-0.2, -0.15) is 0 Å². The Bertz CT molecular complexity index is 514. The van der Waals surface area contributed by atoms with Gasteiger partial charge in [-0.3, -0.25) is 9.78 Å². The maximum atomic E-state index is 11.6. The summed E-state index contributed by atoms with van der Waals surface area (Å²) >= 11 is 0. The van der Waals surface area contributed by atoms with Crippen LogP contribution < -0.4 is 10.6 Å². The quantitative estimate of drug-likeness (QED) is 0.665. The highest BCUT2D eigenvalue weighted by atomic mass is 16.5. The fraction of sp³-hybridized carbons (Fsp3) is 0.462. The Morgan fingerprint density at radius 1 is 1.55 bits per heavy atom. The van der Waals surface area contributed by atoms with Crippen LogP contribution >= 0.6 is 0 Å². The third-order valence-electron chi connectivity index (χ3n) is 3.08. The average Bonchev–Trinajstić information content (AvgIpc) is 2.41. The number of hydrogen-bond acceptors (Lipinski definition) is 5. The predicted molar refractivity (Wildman–Crippen MR) is 70.3 cm³/mol. The van der Waals surface area contributed by atoms with Crippen molar-refractivity contribution >= 4 is 11.9 Å². The number of ether oxygens (including phenoxy) is 1. The summed E-state index contributed by atoms with van der Waals surface area (Å²) < 4.78 is 5.49. The number of nitrogens with one attached hydrogen (secondary N) is 2. The maximum Gasteiger partial charge on any atom is 0.335 e. The Hall–Kier alpha value is -1.99. The monoisotopic (exact) mass is 279 g/mol. The summed E-state index contributed by atoms with van der Waals surface area (Å²) in [7, 11) is 0. The molecule has 1 aliphatic rings. The van der Waals surface area contributed by atoms with Crippen LogP contribution in [-0.2, 0) is 16.1 Å². The van der Waals surface area contributed by atoms with E-state index in [-0.39, 0.29) is 30.2 Å². The van der Waals surface area contributed by atoms with Crippen molar-refractivity contribution in [1.82, 2.24) is 15.6 Å². The number of aromatic nitrogens is 1. The van der Waals surface area contributed by atoms with Crippen LogP contribution in [0.4, 0.5) is 0 Å². The molecule has 0 atom stereocenters. The molecule has 1 aliphatic heterocycles. The first-order valence-electron chi connectivity index (χ1n) is 6.28. The van der Waals surface area contributed by atoms with Crippen LogP contribution in [-0.4, -0.2) is 47.3 Å². The number of nitrogens with zero attached hydrogens (tertiary/aromatic N) is 1. The van der Waals surface area contributed by atoms with Gasteiger partial charge in [0.25, 0.3) is 0 Å². The number of carboxylic acids is 1. The van der Waals surface area contributed by atoms with Crippen molar-refractivity contribution in [2.75, 3.05) is 19.7 Å². The summed E-state index contributed by atoms with van der Waals surface area (Å²) in [6.45, 7) is 3.58. The van der Waals surface area contributed by atoms with Gasteiger partial charge in [-0.15, -0.1) is 0 Å². The molecule has 0 radical (unpaired) electrons. The minimum absolute atomic E-state index is 0.0171. The van der Waals surface area contributed by atoms with Gasteiger partial charge in [0.15, 0.2) is 0 Å². The van der Waals surface area contributed by atoms with Crippen molar-refractivity contribution < 1.29 is 19.4 Å². The number of pyridine rings is 1. The van der Waals surface area contributed by atoms with Crippen molar-refractivity contribution in [3.05, 3.63) is 29.6 Å². The van der Waals surface area contributed by atoms with Crippen LogP contribution in [0.3, 0.4) is 0 Å². The molecule has 1 aromatic rings. The highest BCUT2D eigenvalue weighted by molar-refractivity contribution is 5.87. The lowest BCUT2D eigenvalue weighted by molar-refractivity contribution is -0.136. The highest BCUT2D eigenvalue weighted by Gasteiger charge is 2.32. The van der Waals surface area contributed by atoms with Crippen molar-refractivity contribution in [2.24, 2.45) is 0 Å². The van der Waals surface area contributed by atoms with Crippen molar-refractivity contribution in [3.8, 4) is 0 Å². The number of carboxylic acid groups (broad SMARTS) is 1. The van der Waals surface area contributed by atoms with Gasteiger partial charge in [-0.25, -0.2) is 4.79 Å². The van der Waals surface area contributed by atoms with E-state index >= 15 is 0 Å². The number of carbonyl (C=O) groups excluding carboxylic acids is 1. The van der Waals surface area contributed by atoms with E-state index in [9.17, 15) is 9.59 Å². The largest absolute Gasteiger partial charge is 0.478 e. The molecule has 7 heteroatoms. The lowest BCUT2D eigenvalue weighted by Crippen LogP contribution is -2.59. The molecular formula is C13H17N3O4. The van der Waals surface area contributed by atoms with Gasteiger partial charge in [0.2, 0.25) is 5.91 Å². The van der Waals surface area contributed by atoms with Crippen LogP contribution in [0.25, 0.3) is 0 Å². The van der Waals surface area contributed by atoms with Crippen LogP contribution in [0.1, 0.15) is 23.0 Å². The molecule has 1 fully saturated rings. The Morgan fingerprint density at radius 2 is 2.30 bits per heavy atom. The molecule has 7 nitrogen and oxygen atoms in total. The third-order valence-corrected chi connectivity index (χ3v) is 3.08. The first-order valence-corrected chi connectivity index (χ1v) is 6.28. The molecule has 1 aromatic heterocycles. The van der Waals surface area contributed by atoms with Crippen LogP contribution in [0.2, 0.25) is 0 Å². The normalized spacial score (nSPS) is 16.2. The molecular weight excluding hydrogens is 262 g/mol. The molecule has 3 N–H and O–H groups in total. The smallest absolute Gasteiger partial charge is 0.335 e. The molecule has 2 rings (SSSR count). The number of hydrogen-bond donors (Lipinski definition) is 3. The molecule has 0 bridgehead atoms. The fourth-order valence-corrected chi connectivity index (χ4v) is 1.77. The van der Waals surface area contributed by atoms with Gasteiger partial charge >= 0.3 is 5.97 Å². The number of aromatic carboxylic acids is 1. The maximum absolute atomic E-state index is 11.6. The zero-order valence-electron chi connectivity index (χ0n) is 11.2. The molecule has 20 heavy (non-hydrogen) atoms. The fourth-order valence-electron chi connectivity index (χ4n) is 1.77. The second-order valence-corrected chi connectivity index (χ2v) is 4.96. The molecule has 1 saturated heterocycles. The molecule has 2 heterocycles. The standard InChI is InChI=1S/C13H17N3O4/c1-13(7-14-8-13)20-6-11(17)16-5-10-4-9(12(18)19)2-3-15-10/h2-4,14H,5-8H2,1H3,(H,16,17)(H,18,19). The van der Waals surface area contributed by atoms with E-state index in [1.807, 2.05) is 6.92 Å². The SMILES string of the molecule is CC1(OCC(=O)NCc2cc(C(=O)O)ccn2)CNC1. The minimum atomic E-state index is -1.02. The Labute approximate surface area is 116 Å². The van der Waals surface area contributed by atoms with Gasteiger partial charge in [-0.1, -0.05) is 0 Å². The van der Waals surface area contributed by atoms with Crippen molar-refractivity contribution in [1.29, 1.82) is 0 Å². The lowest BCUT2D eigenvalue weighted by Gasteiger charge is -2.38. The summed E-state index contributed by atoms with van der Waals surface area (Å²) in [5.74, 6) is -1.27. The lowest BCUT2D eigenvalue weighted by atomic mass is 10.0. The first-order chi connectivity index (χ1) is 9.48. The van der Waals surface area contributed by atoms with E-state index in [1.165, 1.54) is 18.3 Å². The van der Waals surface area contributed by atoms with Crippen LogP contribution in [0.5, 0.6) is 0 Å². The highest BCUT2D eigenvalue weighted by Crippen LogP contribution is 2.14. The molecule has 0 aliphatic carbocycles. The van der Waals surface area contributed by atoms with Crippen molar-refractivity contribution in [3.63, 3.8) is 0 Å². The Morgan fingerprint density at radius 3 is 2.90 bits per heavy atom. The van der Waals surface area contributed by atoms with Gasteiger partial charge < -0.3 is 20.5 Å². The summed E-state index contributed by atoms with van der Waals surface area (Å²) in [4.78, 5) is 26.4. The first kappa shape index (κ1) is 14.4. The van der Waals surface area contributed by atoms with E-state index in [0.29, 0.717) is 5.69 Å². The second kappa shape index (κ2) is 5.98. The van der Waals surface area contributed by atoms with E-state index in [4.69, 9.17) is 9.84 Å². The Balaban J connectivity index is 1.78. The molecule has 0 aromatic carbocycles. The number of amides is 1. The minimum Gasteiger partial charge on any atom is -0.478 e. The Kier molecular flexibility index (Phi) is 4.31. The molecule has 108 valence electrons. The van der Waals surface area contributed by atoms with E-state index in [1.54, 1.807) is 0 Å². The summed E-state index contributed by atoms with van der Waals surface area (Å²) in [5.41, 5.74) is 0.377. The van der Waals surface area contributed by atoms with Gasteiger partial charge in [0.05, 0.1) is 23.4 Å². The zero-order valence-corrected chi connectivity index (χ0v) is 11.2. The predicted octanol–water partition coefficient (Wildman–Crippen LogP) is -0.225. The van der Waals surface area contributed by atoms with E-state index < -0.39 is 5.97 Å². The number of carbonyl (C=O) groups is 2. The molecule has 0 spiro atoms. The molecule has 0 unspecified atom stereocenters. The molecule has 1 amide bonds. The van der Waals surface area contributed by atoms with Crippen LogP contribution in [0.15, 0.2) is 18.3 Å². The summed E-state index contributed by atoms with van der Waals surface area (Å²) in [6, 6.07) is 2.84. The van der Waals surface area contributed by atoms with Gasteiger partial charge in [0.1, 0.15) is 6.61 Å². The van der Waals surface area contributed by atoms with Gasteiger partial charge in [-0.05, 0) is 19.1 Å². The van der Waals surface area contributed by atoms with E-state index in [0.717, 1.165) is 13.1 Å². The summed E-state index contributed by atoms with van der Waals surface area (Å²) in [5, 5.41) is 14.6. The zero-order chi connectivity index (χ0) is 14.6. The number of rotatable bonds is 6. The average molecular weight is 279 g/mol. The van der Waals surface area contributed by atoms with E-state index in [2.05, 4.69) is 15.6 Å². The third kappa shape index (κ3) is 3.75. The summed E-state index contributed by atoms with van der Waals surface area (Å²) in [6.07, 6.45) is 1.41. The molecule has 0 saturated carbocycles.